The minimum Gasteiger partial charge on any atom is -0.0691 e. The molecule has 0 heterocycles. The van der Waals surface area contributed by atoms with Gasteiger partial charge in [0.1, 0.15) is 0 Å². The van der Waals surface area contributed by atoms with Gasteiger partial charge in [0.15, 0.2) is 0 Å². The molecule has 0 radical (unpaired) electrons. The molecule has 0 aliphatic heterocycles. The molecule has 0 saturated heterocycles. The van der Waals surface area contributed by atoms with Crippen LogP contribution in [0.1, 0.15) is 22.3 Å². The molecule has 0 bridgehead atoms. The largest absolute Gasteiger partial charge is 0.0691 e. The predicted octanol–water partition coefficient (Wildman–Crippen LogP) is -1.10. The van der Waals surface area contributed by atoms with Crippen molar-refractivity contribution in [3.05, 3.63) is 22.3 Å². The predicted molar refractivity (Wildman–Crippen MR) is 64.5 cm³/mol. The third-order valence-corrected chi connectivity index (χ3v) is 7.38. The van der Waals surface area contributed by atoms with E-state index in [0.717, 1.165) is 0 Å². The molecular formula is C10H18Si2. The van der Waals surface area contributed by atoms with Crippen molar-refractivity contribution in [1.82, 2.24) is 0 Å². The van der Waals surface area contributed by atoms with Gasteiger partial charge in [-0.25, -0.2) is 0 Å². The van der Waals surface area contributed by atoms with Crippen LogP contribution in [-0.4, -0.2) is 20.5 Å². The van der Waals surface area contributed by atoms with Crippen LogP contribution >= 0.6 is 0 Å². The lowest BCUT2D eigenvalue weighted by molar-refractivity contribution is 1.25. The van der Waals surface area contributed by atoms with E-state index in [9.17, 15) is 0 Å². The third kappa shape index (κ3) is 1.29. The Kier molecular flexibility index (Phi) is 2.59. The van der Waals surface area contributed by atoms with Gasteiger partial charge in [-0.1, -0.05) is 10.4 Å². The minimum absolute atomic E-state index is 1.21. The van der Waals surface area contributed by atoms with E-state index in [1.807, 2.05) is 0 Å². The van der Waals surface area contributed by atoms with E-state index in [2.05, 4.69) is 27.7 Å². The molecule has 12 heavy (non-hydrogen) atoms. The molecule has 0 aliphatic rings. The Morgan fingerprint density at radius 3 is 1.08 bits per heavy atom. The van der Waals surface area contributed by atoms with Crippen molar-refractivity contribution in [2.75, 3.05) is 0 Å². The normalized spacial score (nSPS) is 11.0. The Balaban J connectivity index is 3.60. The first kappa shape index (κ1) is 9.74. The molecule has 1 rings (SSSR count). The highest BCUT2D eigenvalue weighted by Gasteiger charge is 2.07. The molecular weight excluding hydrogens is 176 g/mol. The summed E-state index contributed by atoms with van der Waals surface area (Å²) >= 11 is 0. The molecule has 2 heteroatoms. The van der Waals surface area contributed by atoms with Crippen LogP contribution in [0.2, 0.25) is 0 Å². The van der Waals surface area contributed by atoms with Gasteiger partial charge >= 0.3 is 0 Å². The van der Waals surface area contributed by atoms with Crippen molar-refractivity contribution < 1.29 is 0 Å². The molecule has 1 aromatic rings. The van der Waals surface area contributed by atoms with Crippen molar-refractivity contribution in [2.24, 2.45) is 0 Å². The summed E-state index contributed by atoms with van der Waals surface area (Å²) in [7, 11) is 2.42. The summed E-state index contributed by atoms with van der Waals surface area (Å²) in [6, 6.07) is 0. The van der Waals surface area contributed by atoms with E-state index in [4.69, 9.17) is 0 Å². The van der Waals surface area contributed by atoms with Gasteiger partial charge in [-0.15, -0.1) is 0 Å². The van der Waals surface area contributed by atoms with Gasteiger partial charge in [-0.3, -0.25) is 0 Å². The van der Waals surface area contributed by atoms with E-state index >= 15 is 0 Å². The highest BCUT2D eigenvalue weighted by molar-refractivity contribution is 6.50. The van der Waals surface area contributed by atoms with Crippen LogP contribution in [0.4, 0.5) is 0 Å². The maximum atomic E-state index is 2.27. The van der Waals surface area contributed by atoms with E-state index in [1.165, 1.54) is 31.6 Å². The van der Waals surface area contributed by atoms with Crippen molar-refractivity contribution >= 4 is 30.9 Å². The molecule has 0 fully saturated rings. The maximum Gasteiger partial charge on any atom is 0.0386 e. The summed E-state index contributed by atoms with van der Waals surface area (Å²) in [5.74, 6) is 0. The highest BCUT2D eigenvalue weighted by Crippen LogP contribution is 2.11. The first-order valence-electron chi connectivity index (χ1n) is 4.50. The second kappa shape index (κ2) is 3.19. The highest BCUT2D eigenvalue weighted by atomic mass is 28.2. The van der Waals surface area contributed by atoms with Crippen LogP contribution < -0.4 is 10.4 Å². The van der Waals surface area contributed by atoms with Crippen molar-refractivity contribution in [3.63, 3.8) is 0 Å². The summed E-state index contributed by atoms with van der Waals surface area (Å²) in [4.78, 5) is 0. The third-order valence-electron chi connectivity index (χ3n) is 3.38. The SMILES string of the molecule is Cc1c(C)c(C)c([SiH3])c([SiH3])c1C. The number of rotatable bonds is 0. The van der Waals surface area contributed by atoms with E-state index < -0.39 is 0 Å². The van der Waals surface area contributed by atoms with Crippen LogP contribution in [0.5, 0.6) is 0 Å². The zero-order valence-electron chi connectivity index (χ0n) is 9.00. The second-order valence-electron chi connectivity index (χ2n) is 3.75. The zero-order chi connectivity index (χ0) is 9.46. The second-order valence-corrected chi connectivity index (χ2v) is 5.75. The van der Waals surface area contributed by atoms with Crippen molar-refractivity contribution in [2.45, 2.75) is 27.7 Å². The molecule has 0 nitrogen and oxygen atoms in total. The molecule has 0 amide bonds. The van der Waals surface area contributed by atoms with Crippen molar-refractivity contribution in [3.8, 4) is 0 Å². The van der Waals surface area contributed by atoms with Crippen LogP contribution in [-0.2, 0) is 0 Å². The van der Waals surface area contributed by atoms with Gasteiger partial charge in [0.2, 0.25) is 0 Å². The minimum atomic E-state index is 1.21. The van der Waals surface area contributed by atoms with Gasteiger partial charge < -0.3 is 0 Å². The number of hydrogen-bond acceptors (Lipinski definition) is 0. The Morgan fingerprint density at radius 2 is 0.833 bits per heavy atom. The van der Waals surface area contributed by atoms with Crippen LogP contribution in [0.15, 0.2) is 0 Å². The van der Waals surface area contributed by atoms with Crippen molar-refractivity contribution in [1.29, 1.82) is 0 Å². The van der Waals surface area contributed by atoms with Crippen LogP contribution in [0.25, 0.3) is 0 Å². The molecule has 0 atom stereocenters. The summed E-state index contributed by atoms with van der Waals surface area (Å²) < 4.78 is 0. The Bertz CT molecular complexity index is 222. The van der Waals surface area contributed by atoms with Gasteiger partial charge in [0, 0.05) is 20.5 Å². The summed E-state index contributed by atoms with van der Waals surface area (Å²) in [6.45, 7) is 9.04. The molecule has 0 saturated carbocycles. The first-order chi connectivity index (χ1) is 5.46. The lowest BCUT2D eigenvalue weighted by Gasteiger charge is -2.15. The summed E-state index contributed by atoms with van der Waals surface area (Å²) in [5, 5.41) is 3.31. The smallest absolute Gasteiger partial charge is 0.0386 e. The van der Waals surface area contributed by atoms with Gasteiger partial charge in [-0.2, -0.15) is 0 Å². The lowest BCUT2D eigenvalue weighted by atomic mass is 9.99. The molecule has 0 unspecified atom stereocenters. The quantitative estimate of drug-likeness (QED) is 0.460. The zero-order valence-corrected chi connectivity index (χ0v) is 13.0. The van der Waals surface area contributed by atoms with Gasteiger partial charge in [0.05, 0.1) is 0 Å². The fourth-order valence-corrected chi connectivity index (χ4v) is 3.19. The fourth-order valence-electron chi connectivity index (χ4n) is 1.69. The number of benzene rings is 1. The summed E-state index contributed by atoms with van der Waals surface area (Å²) in [5.41, 5.74) is 6.12. The average Bonchev–Trinajstić information content (AvgIpc) is 2.08. The lowest BCUT2D eigenvalue weighted by Crippen LogP contribution is -2.32. The molecule has 0 N–H and O–H groups in total. The van der Waals surface area contributed by atoms with Gasteiger partial charge in [0.25, 0.3) is 0 Å². The topological polar surface area (TPSA) is 0 Å². The maximum absolute atomic E-state index is 2.27. The molecule has 0 aromatic heterocycles. The number of hydrogen-bond donors (Lipinski definition) is 0. The monoisotopic (exact) mass is 194 g/mol. The Morgan fingerprint density at radius 1 is 0.583 bits per heavy atom. The average molecular weight is 194 g/mol. The molecule has 66 valence electrons. The van der Waals surface area contributed by atoms with E-state index in [1.54, 1.807) is 21.5 Å². The molecule has 1 aromatic carbocycles. The summed E-state index contributed by atoms with van der Waals surface area (Å²) in [6.07, 6.45) is 0. The van der Waals surface area contributed by atoms with E-state index in [-0.39, 0.29) is 0 Å². The fraction of sp³-hybridized carbons (Fsp3) is 0.400. The van der Waals surface area contributed by atoms with E-state index in [0.29, 0.717) is 0 Å². The standard InChI is InChI=1S/C10H18Si2/c1-5-6(2)8(4)10(12)9(11)7(5)3/h1-4,11-12H3. The molecule has 0 aliphatic carbocycles. The first-order valence-corrected chi connectivity index (χ1v) is 6.50. The van der Waals surface area contributed by atoms with Gasteiger partial charge in [-0.05, 0) is 49.9 Å². The molecule has 0 spiro atoms. The Hall–Kier alpha value is -0.346. The van der Waals surface area contributed by atoms with Crippen LogP contribution in [0, 0.1) is 27.7 Å². The van der Waals surface area contributed by atoms with Crippen LogP contribution in [0.3, 0.4) is 0 Å². The Labute approximate surface area is 81.2 Å².